The number of carbonyl (C=O) groups is 1. The number of nitrogens with one attached hydrogen (secondary N) is 2. The summed E-state index contributed by atoms with van der Waals surface area (Å²) in [6.07, 6.45) is 0. The molecular weight excluding hydrogens is 547 g/mol. The maximum absolute atomic E-state index is 13.3. The van der Waals surface area contributed by atoms with Gasteiger partial charge in [-0.1, -0.05) is 29.3 Å². The molecule has 2 N–H and O–H groups in total. The van der Waals surface area contributed by atoms with Gasteiger partial charge >= 0.3 is 5.97 Å². The lowest BCUT2D eigenvalue weighted by atomic mass is 10.2. The molecule has 3 rings (SSSR count). The van der Waals surface area contributed by atoms with Gasteiger partial charge in [-0.2, -0.15) is 0 Å². The van der Waals surface area contributed by atoms with Gasteiger partial charge in [0.25, 0.3) is 20.0 Å². The molecule has 0 aliphatic carbocycles. The minimum absolute atomic E-state index is 0.00442. The molecule has 0 amide bonds. The van der Waals surface area contributed by atoms with E-state index in [1.54, 1.807) is 18.4 Å². The summed E-state index contributed by atoms with van der Waals surface area (Å²) >= 11 is 13.1. The lowest BCUT2D eigenvalue weighted by molar-refractivity contribution is 0.0521. The highest BCUT2D eigenvalue weighted by Gasteiger charge is 2.27. The van der Waals surface area contributed by atoms with Crippen molar-refractivity contribution in [3.8, 4) is 5.75 Å². The first-order valence-electron chi connectivity index (χ1n) is 9.42. The molecule has 0 atom stereocenters. The van der Waals surface area contributed by atoms with E-state index in [9.17, 15) is 21.6 Å². The average molecular weight is 565 g/mol. The second kappa shape index (κ2) is 10.4. The molecule has 3 aromatic rings. The fraction of sp³-hybridized carbons (Fsp3) is 0.150. The van der Waals surface area contributed by atoms with E-state index in [0.29, 0.717) is 0 Å². The predicted molar refractivity (Wildman–Crippen MR) is 131 cm³/mol. The second-order valence-electron chi connectivity index (χ2n) is 6.54. The molecule has 0 saturated heterocycles. The molecule has 0 spiro atoms. The van der Waals surface area contributed by atoms with Crippen LogP contribution in [-0.2, 0) is 24.8 Å². The summed E-state index contributed by atoms with van der Waals surface area (Å²) in [4.78, 5) is 11.9. The van der Waals surface area contributed by atoms with Crippen LogP contribution in [0.3, 0.4) is 0 Å². The van der Waals surface area contributed by atoms with Gasteiger partial charge in [-0.15, -0.1) is 11.3 Å². The van der Waals surface area contributed by atoms with Crippen LogP contribution in [0.4, 0.5) is 11.4 Å². The number of sulfonamides is 2. The molecule has 2 aromatic carbocycles. The van der Waals surface area contributed by atoms with E-state index in [2.05, 4.69) is 9.44 Å². The molecule has 0 aliphatic rings. The molecule has 34 heavy (non-hydrogen) atoms. The molecular formula is C20H18Cl2N2O7S3. The topological polar surface area (TPSA) is 128 Å². The van der Waals surface area contributed by atoms with Gasteiger partial charge in [-0.05, 0) is 42.6 Å². The predicted octanol–water partition coefficient (Wildman–Crippen LogP) is 4.84. The molecule has 9 nitrogen and oxygen atoms in total. The molecule has 182 valence electrons. The molecule has 0 bridgehead atoms. The van der Waals surface area contributed by atoms with E-state index in [1.807, 2.05) is 0 Å². The van der Waals surface area contributed by atoms with Crippen LogP contribution in [0.2, 0.25) is 10.0 Å². The summed E-state index contributed by atoms with van der Waals surface area (Å²) in [5.74, 6) is -0.695. The van der Waals surface area contributed by atoms with E-state index in [4.69, 9.17) is 32.7 Å². The number of hydrogen-bond acceptors (Lipinski definition) is 8. The number of anilines is 2. The largest absolute Gasteiger partial charge is 0.497 e. The molecule has 0 fully saturated rings. The van der Waals surface area contributed by atoms with Gasteiger partial charge in [0.1, 0.15) is 14.9 Å². The lowest BCUT2D eigenvalue weighted by Crippen LogP contribution is -2.20. The minimum Gasteiger partial charge on any atom is -0.497 e. The number of halogens is 2. The summed E-state index contributed by atoms with van der Waals surface area (Å²) in [6.45, 7) is 1.61. The van der Waals surface area contributed by atoms with Crippen molar-refractivity contribution in [3.63, 3.8) is 0 Å². The van der Waals surface area contributed by atoms with Crippen molar-refractivity contribution in [1.82, 2.24) is 0 Å². The lowest BCUT2D eigenvalue weighted by Gasteiger charge is -2.17. The number of ether oxygens (including phenoxy) is 2. The third kappa shape index (κ3) is 5.76. The SMILES string of the molecule is CCOC(=O)c1ccc(OC)cc1S(=O)(=O)Nc1cc(Cl)c(Cl)cc1NS(=O)(=O)c1cccs1. The second-order valence-corrected chi connectivity index (χ2v) is 11.9. The van der Waals surface area contributed by atoms with Gasteiger partial charge in [0, 0.05) is 6.07 Å². The molecule has 0 radical (unpaired) electrons. The van der Waals surface area contributed by atoms with E-state index in [-0.39, 0.29) is 43.5 Å². The summed E-state index contributed by atoms with van der Waals surface area (Å²) in [7, 11) is -7.18. The fourth-order valence-electron chi connectivity index (χ4n) is 2.76. The Hall–Kier alpha value is -2.51. The number of carbonyl (C=O) groups excluding carboxylic acids is 1. The van der Waals surface area contributed by atoms with Crippen molar-refractivity contribution in [1.29, 1.82) is 0 Å². The Labute approximate surface area is 210 Å². The smallest absolute Gasteiger partial charge is 0.339 e. The van der Waals surface area contributed by atoms with E-state index in [1.165, 1.54) is 31.4 Å². The Balaban J connectivity index is 2.09. The van der Waals surface area contributed by atoms with Crippen LogP contribution in [0.25, 0.3) is 0 Å². The van der Waals surface area contributed by atoms with Crippen LogP contribution in [0.5, 0.6) is 5.75 Å². The van der Waals surface area contributed by atoms with Crippen LogP contribution >= 0.6 is 34.5 Å². The maximum Gasteiger partial charge on any atom is 0.339 e. The molecule has 0 aliphatic heterocycles. The van der Waals surface area contributed by atoms with Gasteiger partial charge in [0.2, 0.25) is 0 Å². The van der Waals surface area contributed by atoms with Gasteiger partial charge in [0.15, 0.2) is 0 Å². The Morgan fingerprint density at radius 3 is 2.12 bits per heavy atom. The zero-order chi connectivity index (χ0) is 25.1. The Morgan fingerprint density at radius 2 is 1.59 bits per heavy atom. The zero-order valence-corrected chi connectivity index (χ0v) is 21.6. The Morgan fingerprint density at radius 1 is 0.971 bits per heavy atom. The van der Waals surface area contributed by atoms with Crippen LogP contribution in [0.1, 0.15) is 17.3 Å². The molecule has 0 saturated carbocycles. The summed E-state index contributed by atoms with van der Waals surface area (Å²) in [6, 6.07) is 9.06. The Kier molecular flexibility index (Phi) is 7.98. The average Bonchev–Trinajstić information content (AvgIpc) is 3.33. The van der Waals surface area contributed by atoms with Crippen molar-refractivity contribution < 1.29 is 31.1 Å². The van der Waals surface area contributed by atoms with Crippen LogP contribution in [-0.4, -0.2) is 36.5 Å². The normalized spacial score (nSPS) is 11.6. The number of esters is 1. The monoisotopic (exact) mass is 564 g/mol. The fourth-order valence-corrected chi connectivity index (χ4v) is 6.43. The van der Waals surface area contributed by atoms with Crippen LogP contribution in [0, 0.1) is 0 Å². The Bertz CT molecular complexity index is 1420. The summed E-state index contributed by atoms with van der Waals surface area (Å²) in [5, 5.41) is 1.53. The maximum atomic E-state index is 13.3. The quantitative estimate of drug-likeness (QED) is 0.356. The third-order valence-corrected chi connectivity index (χ3v) is 9.17. The first kappa shape index (κ1) is 26.1. The summed E-state index contributed by atoms with van der Waals surface area (Å²) in [5.41, 5.74) is -0.630. The zero-order valence-electron chi connectivity index (χ0n) is 17.7. The van der Waals surface area contributed by atoms with Crippen molar-refractivity contribution in [2.75, 3.05) is 23.2 Å². The van der Waals surface area contributed by atoms with Crippen molar-refractivity contribution in [2.45, 2.75) is 16.0 Å². The van der Waals surface area contributed by atoms with Gasteiger partial charge in [0.05, 0.1) is 40.7 Å². The standard InChI is InChI=1S/C20H18Cl2N2O7S3/c1-3-31-20(25)13-7-6-12(30-2)9-18(13)33(26,27)23-16-10-14(21)15(22)11-17(16)24-34(28,29)19-5-4-8-32-19/h4-11,23-24H,3H2,1-2H3. The molecule has 14 heteroatoms. The molecule has 1 heterocycles. The van der Waals surface area contributed by atoms with Gasteiger partial charge in [-0.3, -0.25) is 9.44 Å². The van der Waals surface area contributed by atoms with Crippen molar-refractivity contribution in [3.05, 3.63) is 63.5 Å². The number of methoxy groups -OCH3 is 1. The van der Waals surface area contributed by atoms with Gasteiger partial charge in [-0.25, -0.2) is 21.6 Å². The number of rotatable bonds is 9. The molecule has 0 unspecified atom stereocenters. The number of benzene rings is 2. The minimum atomic E-state index is -4.47. The number of thiophene rings is 1. The summed E-state index contributed by atoms with van der Waals surface area (Å²) < 4.78 is 66.7. The van der Waals surface area contributed by atoms with Crippen LogP contribution in [0.15, 0.2) is 56.9 Å². The van der Waals surface area contributed by atoms with Crippen LogP contribution < -0.4 is 14.2 Å². The molecule has 1 aromatic heterocycles. The van der Waals surface area contributed by atoms with Crippen molar-refractivity contribution >= 4 is 71.9 Å². The van der Waals surface area contributed by atoms with E-state index >= 15 is 0 Å². The first-order valence-corrected chi connectivity index (χ1v) is 14.0. The van der Waals surface area contributed by atoms with E-state index < -0.39 is 30.9 Å². The highest BCUT2D eigenvalue weighted by molar-refractivity contribution is 7.94. The van der Waals surface area contributed by atoms with E-state index in [0.717, 1.165) is 23.5 Å². The highest BCUT2D eigenvalue weighted by Crippen LogP contribution is 2.36. The third-order valence-electron chi connectivity index (χ3n) is 4.28. The highest BCUT2D eigenvalue weighted by atomic mass is 35.5. The first-order chi connectivity index (χ1) is 16.0. The van der Waals surface area contributed by atoms with Gasteiger partial charge < -0.3 is 9.47 Å². The number of hydrogen-bond donors (Lipinski definition) is 2. The van der Waals surface area contributed by atoms with Crippen molar-refractivity contribution in [2.24, 2.45) is 0 Å².